The first-order valence-corrected chi connectivity index (χ1v) is 15.0. The van der Waals surface area contributed by atoms with Crippen molar-refractivity contribution in [1.82, 2.24) is 4.31 Å². The van der Waals surface area contributed by atoms with Crippen LogP contribution in [0, 0.1) is 37.1 Å². The van der Waals surface area contributed by atoms with E-state index in [4.69, 9.17) is 0 Å². The van der Waals surface area contributed by atoms with Crippen molar-refractivity contribution in [3.63, 3.8) is 0 Å². The number of aromatic hydroxyl groups is 1. The molecular formula is C33H38F4N2OS. The van der Waals surface area contributed by atoms with E-state index >= 15 is 0 Å². The zero-order valence-electron chi connectivity index (χ0n) is 24.0. The molecule has 1 aliphatic rings. The van der Waals surface area contributed by atoms with Crippen molar-refractivity contribution in [3.8, 4) is 5.75 Å². The van der Waals surface area contributed by atoms with Gasteiger partial charge in [0.2, 0.25) is 0 Å². The maximum atomic E-state index is 14.7. The summed E-state index contributed by atoms with van der Waals surface area (Å²) in [6, 6.07) is 14.0. The number of phenolic OH excluding ortho intramolecular Hbond substituents is 1. The molecule has 0 bridgehead atoms. The predicted octanol–water partition coefficient (Wildman–Crippen LogP) is 9.55. The topological polar surface area (TPSA) is 26.7 Å². The largest absolute Gasteiger partial charge is 0.508 e. The first kappa shape index (κ1) is 31.0. The molecule has 0 atom stereocenters. The van der Waals surface area contributed by atoms with Gasteiger partial charge in [-0.3, -0.25) is 0 Å². The van der Waals surface area contributed by atoms with Gasteiger partial charge in [-0.2, -0.15) is 0 Å². The molecule has 0 aliphatic heterocycles. The summed E-state index contributed by atoms with van der Waals surface area (Å²) in [4.78, 5) is 1.23. The van der Waals surface area contributed by atoms with Crippen LogP contribution in [-0.4, -0.2) is 22.5 Å². The van der Waals surface area contributed by atoms with Gasteiger partial charge in [-0.25, -0.2) is 21.9 Å². The number of rotatable bonds is 11. The lowest BCUT2D eigenvalue weighted by molar-refractivity contribution is 0.413. The highest BCUT2D eigenvalue weighted by molar-refractivity contribution is 7.97. The number of hydrogen-bond acceptors (Lipinski definition) is 4. The maximum absolute atomic E-state index is 14.7. The summed E-state index contributed by atoms with van der Waals surface area (Å²) >= 11 is 0.641. The van der Waals surface area contributed by atoms with Crippen LogP contribution < -0.4 is 4.90 Å². The number of halogens is 4. The van der Waals surface area contributed by atoms with Gasteiger partial charge in [-0.15, -0.1) is 0 Å². The summed E-state index contributed by atoms with van der Waals surface area (Å²) in [7, 11) is 0. The average Bonchev–Trinajstić information content (AvgIpc) is 2.98. The lowest BCUT2D eigenvalue weighted by Gasteiger charge is -2.31. The Morgan fingerprint density at radius 2 is 1.56 bits per heavy atom. The van der Waals surface area contributed by atoms with E-state index in [9.17, 15) is 22.7 Å². The van der Waals surface area contributed by atoms with E-state index in [2.05, 4.69) is 30.8 Å². The van der Waals surface area contributed by atoms with Gasteiger partial charge in [-0.05, 0) is 73.7 Å². The molecule has 1 fully saturated rings. The molecular weight excluding hydrogens is 548 g/mol. The second-order valence-corrected chi connectivity index (χ2v) is 12.0. The molecule has 8 heteroatoms. The monoisotopic (exact) mass is 586 g/mol. The summed E-state index contributed by atoms with van der Waals surface area (Å²) in [6.45, 7) is 10.0. The van der Waals surface area contributed by atoms with Gasteiger partial charge in [0.25, 0.3) is 0 Å². The molecule has 3 aromatic rings. The molecule has 1 saturated carbocycles. The van der Waals surface area contributed by atoms with Crippen LogP contribution in [0.5, 0.6) is 5.75 Å². The molecule has 4 rings (SSSR count). The number of aryl methyl sites for hydroxylation is 1. The van der Waals surface area contributed by atoms with Crippen molar-refractivity contribution in [2.75, 3.05) is 18.0 Å². The van der Waals surface area contributed by atoms with Crippen LogP contribution in [0.4, 0.5) is 23.2 Å². The SMILES string of the molecule is C=C(CN(CCC)Sc1c(F)c(F)c(C)c(F)c1F)N(Cc1ccc(C2CCCCC2)cc1)c1ccc(C)c(O)c1. The van der Waals surface area contributed by atoms with Gasteiger partial charge in [-0.1, -0.05) is 63.1 Å². The van der Waals surface area contributed by atoms with Crippen LogP contribution in [0.3, 0.4) is 0 Å². The van der Waals surface area contributed by atoms with Gasteiger partial charge in [0.05, 0.1) is 0 Å². The Bertz CT molecular complexity index is 1340. The number of anilines is 1. The van der Waals surface area contributed by atoms with Crippen LogP contribution in [-0.2, 0) is 6.54 Å². The molecule has 0 spiro atoms. The minimum atomic E-state index is -1.41. The summed E-state index contributed by atoms with van der Waals surface area (Å²) in [6.07, 6.45) is 6.89. The normalized spacial score (nSPS) is 14.0. The van der Waals surface area contributed by atoms with Crippen LogP contribution in [0.2, 0.25) is 0 Å². The van der Waals surface area contributed by atoms with E-state index in [0.29, 0.717) is 48.8 Å². The first-order valence-electron chi connectivity index (χ1n) is 14.2. The highest BCUT2D eigenvalue weighted by Crippen LogP contribution is 2.36. The predicted molar refractivity (Wildman–Crippen MR) is 159 cm³/mol. The fraction of sp³-hybridized carbons (Fsp3) is 0.394. The van der Waals surface area contributed by atoms with Crippen LogP contribution in [0.1, 0.15) is 73.6 Å². The molecule has 0 heterocycles. The third-order valence-electron chi connectivity index (χ3n) is 7.78. The molecule has 3 aromatic carbocycles. The molecule has 0 saturated heterocycles. The van der Waals surface area contributed by atoms with Crippen molar-refractivity contribution in [2.45, 2.75) is 76.7 Å². The van der Waals surface area contributed by atoms with Gasteiger partial charge in [0.1, 0.15) is 10.6 Å². The molecule has 0 aromatic heterocycles. The fourth-order valence-electron chi connectivity index (χ4n) is 5.29. The Hall–Kier alpha value is -2.97. The zero-order valence-corrected chi connectivity index (χ0v) is 24.8. The van der Waals surface area contributed by atoms with E-state index < -0.39 is 33.7 Å². The van der Waals surface area contributed by atoms with E-state index in [1.54, 1.807) is 10.4 Å². The number of nitrogens with zero attached hydrogens (tertiary/aromatic N) is 2. The second kappa shape index (κ2) is 13.8. The molecule has 0 amide bonds. The van der Waals surface area contributed by atoms with Gasteiger partial charge in [0, 0.05) is 42.6 Å². The highest BCUT2D eigenvalue weighted by atomic mass is 32.2. The standard InChI is InChI=1S/C33H38F4N2OS/c1-5-17-38(41-33-31(36)29(34)23(4)30(35)32(33)37)19-22(3)39(27-16-11-21(2)28(40)18-27)20-24-12-14-26(15-13-24)25-9-7-6-8-10-25/h11-16,18,25,40H,3,5-10,17,19-20H2,1-2,4H3. The van der Waals surface area contributed by atoms with Crippen molar-refractivity contribution in [1.29, 1.82) is 0 Å². The molecule has 1 aliphatic carbocycles. The van der Waals surface area contributed by atoms with Gasteiger partial charge < -0.3 is 10.0 Å². The summed E-state index contributed by atoms with van der Waals surface area (Å²) in [5, 5.41) is 10.4. The Balaban J connectivity index is 1.59. The minimum absolute atomic E-state index is 0.141. The van der Waals surface area contributed by atoms with Gasteiger partial charge in [0.15, 0.2) is 23.3 Å². The van der Waals surface area contributed by atoms with Crippen LogP contribution in [0.15, 0.2) is 59.6 Å². The van der Waals surface area contributed by atoms with Crippen molar-refractivity contribution >= 4 is 17.6 Å². The molecule has 220 valence electrons. The number of hydrogen-bond donors (Lipinski definition) is 1. The Morgan fingerprint density at radius 3 is 2.15 bits per heavy atom. The molecule has 41 heavy (non-hydrogen) atoms. The van der Waals surface area contributed by atoms with Crippen molar-refractivity contribution in [3.05, 3.63) is 100 Å². The smallest absolute Gasteiger partial charge is 0.177 e. The lowest BCUT2D eigenvalue weighted by atomic mass is 9.84. The summed E-state index contributed by atoms with van der Waals surface area (Å²) < 4.78 is 59.6. The molecule has 3 nitrogen and oxygen atoms in total. The zero-order chi connectivity index (χ0) is 29.7. The van der Waals surface area contributed by atoms with Crippen molar-refractivity contribution in [2.24, 2.45) is 0 Å². The Kier molecular flexibility index (Phi) is 10.4. The first-order chi connectivity index (χ1) is 19.6. The van der Waals surface area contributed by atoms with E-state index in [0.717, 1.165) is 18.1 Å². The Labute approximate surface area is 245 Å². The van der Waals surface area contributed by atoms with Crippen molar-refractivity contribution < 1.29 is 22.7 Å². The second-order valence-electron chi connectivity index (χ2n) is 10.9. The molecule has 0 radical (unpaired) electrons. The number of benzene rings is 3. The van der Waals surface area contributed by atoms with E-state index in [1.807, 2.05) is 30.9 Å². The third-order valence-corrected chi connectivity index (χ3v) is 8.89. The summed E-state index contributed by atoms with van der Waals surface area (Å²) in [5.74, 6) is -4.87. The summed E-state index contributed by atoms with van der Waals surface area (Å²) in [5.41, 5.74) is 3.74. The highest BCUT2D eigenvalue weighted by Gasteiger charge is 2.26. The quantitative estimate of drug-likeness (QED) is 0.138. The average molecular weight is 587 g/mol. The van der Waals surface area contributed by atoms with Crippen LogP contribution >= 0.6 is 11.9 Å². The molecule has 1 N–H and O–H groups in total. The lowest BCUT2D eigenvalue weighted by Crippen LogP contribution is -2.30. The molecule has 0 unspecified atom stereocenters. The fourth-order valence-corrected chi connectivity index (χ4v) is 6.38. The van der Waals surface area contributed by atoms with E-state index in [1.165, 1.54) is 37.7 Å². The van der Waals surface area contributed by atoms with Gasteiger partial charge >= 0.3 is 0 Å². The van der Waals surface area contributed by atoms with Crippen LogP contribution in [0.25, 0.3) is 0 Å². The minimum Gasteiger partial charge on any atom is -0.508 e. The number of phenols is 1. The van der Waals surface area contributed by atoms with E-state index in [-0.39, 0.29) is 12.3 Å². The maximum Gasteiger partial charge on any atom is 0.177 e. The third kappa shape index (κ3) is 7.28. The Morgan fingerprint density at radius 1 is 0.927 bits per heavy atom.